The van der Waals surface area contributed by atoms with Crippen molar-refractivity contribution in [2.45, 2.75) is 30.4 Å². The van der Waals surface area contributed by atoms with Gasteiger partial charge in [-0.15, -0.1) is 0 Å². The van der Waals surface area contributed by atoms with Crippen LogP contribution in [0.2, 0.25) is 0 Å². The quantitative estimate of drug-likeness (QED) is 0.863. The highest BCUT2D eigenvalue weighted by Crippen LogP contribution is 2.24. The van der Waals surface area contributed by atoms with Gasteiger partial charge < -0.3 is 5.32 Å². The molecule has 1 aromatic rings. The third kappa shape index (κ3) is 3.73. The first-order valence-electron chi connectivity index (χ1n) is 6.26. The Balaban J connectivity index is 3.08. The molecule has 0 atom stereocenters. The third-order valence-electron chi connectivity index (χ3n) is 3.31. The van der Waals surface area contributed by atoms with E-state index in [4.69, 9.17) is 0 Å². The number of benzene rings is 1. The van der Waals surface area contributed by atoms with Crippen molar-refractivity contribution >= 4 is 25.4 Å². The maximum Gasteiger partial charge on any atom is 0.180 e. The van der Waals surface area contributed by atoms with Gasteiger partial charge >= 0.3 is 0 Å². The van der Waals surface area contributed by atoms with Crippen LogP contribution in [0.25, 0.3) is 0 Å². The molecule has 7 heteroatoms. The number of nitrogens with one attached hydrogen (secondary N) is 1. The lowest BCUT2D eigenvalue weighted by molar-refractivity contribution is 0.559. The molecule has 0 aliphatic carbocycles. The second-order valence-corrected chi connectivity index (χ2v) is 10.2. The van der Waals surface area contributed by atoms with Crippen LogP contribution in [0.1, 0.15) is 20.8 Å². The fourth-order valence-corrected chi connectivity index (χ4v) is 2.89. The van der Waals surface area contributed by atoms with Gasteiger partial charge in [0.1, 0.15) is 0 Å². The molecule has 1 N–H and O–H groups in total. The Labute approximate surface area is 121 Å². The number of rotatable bonds is 6. The molecule has 0 fully saturated rings. The lowest BCUT2D eigenvalue weighted by atomic mass is 10.2. The highest BCUT2D eigenvalue weighted by atomic mass is 32.2. The summed E-state index contributed by atoms with van der Waals surface area (Å²) >= 11 is 0. The van der Waals surface area contributed by atoms with Crippen molar-refractivity contribution in [2.75, 3.05) is 23.9 Å². The van der Waals surface area contributed by atoms with Crippen LogP contribution in [-0.2, 0) is 19.7 Å². The van der Waals surface area contributed by atoms with E-state index >= 15 is 0 Å². The number of sulfone groups is 2. The van der Waals surface area contributed by atoms with Crippen molar-refractivity contribution in [3.05, 3.63) is 24.3 Å². The van der Waals surface area contributed by atoms with Gasteiger partial charge in [-0.3, -0.25) is 0 Å². The SMILES string of the molecule is CCS(=O)(=O)c1ccccc1NCC(C)(C)S(C)(=O)=O. The third-order valence-corrected chi connectivity index (χ3v) is 7.25. The molecule has 0 aromatic heterocycles. The first-order chi connectivity index (χ1) is 9.01. The molecule has 1 rings (SSSR count). The Bertz CT molecular complexity index is 676. The zero-order chi connectivity index (χ0) is 15.6. The Kier molecular flexibility index (Phi) is 4.86. The van der Waals surface area contributed by atoms with Gasteiger partial charge in [0.15, 0.2) is 19.7 Å². The first kappa shape index (κ1) is 17.0. The summed E-state index contributed by atoms with van der Waals surface area (Å²) in [6, 6.07) is 6.52. The molecule has 0 spiro atoms. The molecule has 20 heavy (non-hydrogen) atoms. The van der Waals surface area contributed by atoms with E-state index in [9.17, 15) is 16.8 Å². The van der Waals surface area contributed by atoms with Crippen LogP contribution in [0.3, 0.4) is 0 Å². The van der Waals surface area contributed by atoms with E-state index in [0.717, 1.165) is 0 Å². The summed E-state index contributed by atoms with van der Waals surface area (Å²) in [7, 11) is -6.58. The van der Waals surface area contributed by atoms with Gasteiger partial charge in [-0.1, -0.05) is 19.1 Å². The molecular formula is C13H21NO4S2. The van der Waals surface area contributed by atoms with Gasteiger partial charge in [-0.25, -0.2) is 16.8 Å². The molecule has 0 amide bonds. The predicted octanol–water partition coefficient (Wildman–Crippen LogP) is 1.72. The van der Waals surface area contributed by atoms with Gasteiger partial charge in [0.25, 0.3) is 0 Å². The second kappa shape index (κ2) is 5.73. The largest absolute Gasteiger partial charge is 0.382 e. The van der Waals surface area contributed by atoms with E-state index < -0.39 is 24.4 Å². The predicted molar refractivity (Wildman–Crippen MR) is 81.6 cm³/mol. The topological polar surface area (TPSA) is 80.3 Å². The first-order valence-corrected chi connectivity index (χ1v) is 9.81. The summed E-state index contributed by atoms with van der Waals surface area (Å²) < 4.78 is 46.3. The summed E-state index contributed by atoms with van der Waals surface area (Å²) in [6.45, 7) is 4.92. The highest BCUT2D eigenvalue weighted by Gasteiger charge is 2.30. The van der Waals surface area contributed by atoms with Crippen LogP contribution in [0.4, 0.5) is 5.69 Å². The zero-order valence-electron chi connectivity index (χ0n) is 12.2. The Morgan fingerprint density at radius 2 is 1.65 bits per heavy atom. The second-order valence-electron chi connectivity index (χ2n) is 5.28. The fourth-order valence-electron chi connectivity index (χ4n) is 1.48. The van der Waals surface area contributed by atoms with Gasteiger partial charge in [-0.2, -0.15) is 0 Å². The Hall–Kier alpha value is -1.08. The minimum absolute atomic E-state index is 0.00115. The summed E-state index contributed by atoms with van der Waals surface area (Å²) in [5, 5.41) is 2.94. The fraction of sp³-hybridized carbons (Fsp3) is 0.538. The molecule has 114 valence electrons. The molecule has 0 saturated carbocycles. The van der Waals surface area contributed by atoms with E-state index in [-0.39, 0.29) is 17.2 Å². The highest BCUT2D eigenvalue weighted by molar-refractivity contribution is 7.92. The summed E-state index contributed by atoms with van der Waals surface area (Å²) in [5.41, 5.74) is 0.436. The van der Waals surface area contributed by atoms with Gasteiger partial charge in [-0.05, 0) is 26.0 Å². The van der Waals surface area contributed by atoms with Crippen molar-refractivity contribution in [2.24, 2.45) is 0 Å². The molecule has 0 radical (unpaired) electrons. The standard InChI is InChI=1S/C13H21NO4S2/c1-5-20(17,18)12-9-7-6-8-11(12)14-10-13(2,3)19(4,15)16/h6-9,14H,5,10H2,1-4H3. The van der Waals surface area contributed by atoms with Crippen LogP contribution < -0.4 is 5.32 Å². The Morgan fingerprint density at radius 3 is 2.15 bits per heavy atom. The van der Waals surface area contributed by atoms with Crippen molar-refractivity contribution in [1.82, 2.24) is 0 Å². The molecule has 0 aliphatic heterocycles. The Morgan fingerprint density at radius 1 is 1.10 bits per heavy atom. The van der Waals surface area contributed by atoms with Crippen LogP contribution in [0.15, 0.2) is 29.2 Å². The van der Waals surface area contributed by atoms with Gasteiger partial charge in [0, 0.05) is 12.8 Å². The van der Waals surface area contributed by atoms with Crippen LogP contribution >= 0.6 is 0 Å². The van der Waals surface area contributed by atoms with Crippen molar-refractivity contribution < 1.29 is 16.8 Å². The van der Waals surface area contributed by atoms with Crippen molar-refractivity contribution in [1.29, 1.82) is 0 Å². The zero-order valence-corrected chi connectivity index (χ0v) is 13.8. The van der Waals surface area contributed by atoms with Crippen LogP contribution in [0.5, 0.6) is 0 Å². The average molecular weight is 319 g/mol. The summed E-state index contributed by atoms with van der Waals surface area (Å²) in [6.07, 6.45) is 1.17. The van der Waals surface area contributed by atoms with Crippen molar-refractivity contribution in [3.8, 4) is 0 Å². The summed E-state index contributed by atoms with van der Waals surface area (Å²) in [5.74, 6) is 0.00115. The van der Waals surface area contributed by atoms with Crippen LogP contribution in [0, 0.1) is 0 Å². The molecular weight excluding hydrogens is 298 g/mol. The van der Waals surface area contributed by atoms with E-state index in [2.05, 4.69) is 5.32 Å². The maximum absolute atomic E-state index is 12.0. The monoisotopic (exact) mass is 319 g/mol. The molecule has 0 heterocycles. The molecule has 0 unspecified atom stereocenters. The van der Waals surface area contributed by atoms with Crippen LogP contribution in [-0.4, -0.2) is 40.1 Å². The van der Waals surface area contributed by atoms with Crippen molar-refractivity contribution in [3.63, 3.8) is 0 Å². The average Bonchev–Trinajstić information content (AvgIpc) is 2.35. The molecule has 1 aromatic carbocycles. The molecule has 0 aliphatic rings. The number of hydrogen-bond donors (Lipinski definition) is 1. The summed E-state index contributed by atoms with van der Waals surface area (Å²) in [4.78, 5) is 0.201. The molecule has 0 bridgehead atoms. The minimum Gasteiger partial charge on any atom is -0.382 e. The lowest BCUT2D eigenvalue weighted by Crippen LogP contribution is -2.38. The lowest BCUT2D eigenvalue weighted by Gasteiger charge is -2.24. The van der Waals surface area contributed by atoms with Gasteiger partial charge in [0.2, 0.25) is 0 Å². The molecule has 5 nitrogen and oxygen atoms in total. The van der Waals surface area contributed by atoms with Gasteiger partial charge in [0.05, 0.1) is 21.1 Å². The number of para-hydroxylation sites is 1. The van der Waals surface area contributed by atoms with E-state index in [1.54, 1.807) is 39.0 Å². The van der Waals surface area contributed by atoms with E-state index in [1.807, 2.05) is 0 Å². The molecule has 0 saturated heterocycles. The van der Waals surface area contributed by atoms with E-state index in [0.29, 0.717) is 5.69 Å². The normalized spacial score (nSPS) is 13.2. The maximum atomic E-state index is 12.0. The number of anilines is 1. The smallest absolute Gasteiger partial charge is 0.180 e. The number of hydrogen-bond acceptors (Lipinski definition) is 5. The minimum atomic E-state index is -3.34. The van der Waals surface area contributed by atoms with E-state index in [1.165, 1.54) is 12.3 Å².